The molecule has 0 aliphatic carbocycles. The van der Waals surface area contributed by atoms with Gasteiger partial charge in [0.2, 0.25) is 0 Å². The van der Waals surface area contributed by atoms with E-state index in [-0.39, 0.29) is 6.09 Å². The van der Waals surface area contributed by atoms with Crippen LogP contribution < -0.4 is 5.32 Å². The molecule has 0 aliphatic heterocycles. The highest BCUT2D eigenvalue weighted by atomic mass is 16.6. The molecule has 0 saturated heterocycles. The highest BCUT2D eigenvalue weighted by Gasteiger charge is 2.15. The van der Waals surface area contributed by atoms with Crippen LogP contribution in [0.3, 0.4) is 0 Å². The Kier molecular flexibility index (Phi) is 9.72. The minimum atomic E-state index is -0.458. The highest BCUT2D eigenvalue weighted by Crippen LogP contribution is 2.08. The zero-order chi connectivity index (χ0) is 18.5. The standard InChI is InChI=1S/C21H31NO3/c1-21(2,3)25-20(23)22-15-10-14-19-13-9-12-18(17-19)11-7-5-6-8-16-24-4/h9,12-13,17H,5-6,8,10,14-16H2,1-4H3,(H,22,23). The topological polar surface area (TPSA) is 47.6 Å². The summed E-state index contributed by atoms with van der Waals surface area (Å²) in [6.45, 7) is 6.98. The first kappa shape index (κ1) is 21.1. The van der Waals surface area contributed by atoms with E-state index in [1.807, 2.05) is 32.9 Å². The summed E-state index contributed by atoms with van der Waals surface area (Å²) in [5, 5.41) is 2.78. The number of alkyl carbamates (subject to hydrolysis) is 1. The molecule has 1 N–H and O–H groups in total. The molecule has 0 heterocycles. The van der Waals surface area contributed by atoms with E-state index in [2.05, 4.69) is 29.3 Å². The van der Waals surface area contributed by atoms with Crippen molar-refractivity contribution in [3.63, 3.8) is 0 Å². The average molecular weight is 345 g/mol. The van der Waals surface area contributed by atoms with Crippen molar-refractivity contribution in [3.8, 4) is 11.8 Å². The van der Waals surface area contributed by atoms with Gasteiger partial charge in [0.25, 0.3) is 0 Å². The van der Waals surface area contributed by atoms with Gasteiger partial charge in [0.1, 0.15) is 5.60 Å². The molecule has 0 bridgehead atoms. The quantitative estimate of drug-likeness (QED) is 0.564. The van der Waals surface area contributed by atoms with Gasteiger partial charge in [-0.25, -0.2) is 4.79 Å². The van der Waals surface area contributed by atoms with Crippen LogP contribution in [0, 0.1) is 11.8 Å². The van der Waals surface area contributed by atoms with Crippen LogP contribution in [-0.4, -0.2) is 32.0 Å². The molecule has 4 nitrogen and oxygen atoms in total. The molecule has 0 spiro atoms. The summed E-state index contributed by atoms with van der Waals surface area (Å²) in [6, 6.07) is 8.28. The van der Waals surface area contributed by atoms with E-state index < -0.39 is 5.60 Å². The van der Waals surface area contributed by atoms with Crippen molar-refractivity contribution in [2.45, 2.75) is 58.5 Å². The van der Waals surface area contributed by atoms with Crippen LogP contribution in [0.1, 0.15) is 57.6 Å². The minimum Gasteiger partial charge on any atom is -0.444 e. The summed E-state index contributed by atoms with van der Waals surface area (Å²) in [5.41, 5.74) is 1.82. The molecule has 1 amide bonds. The number of methoxy groups -OCH3 is 1. The lowest BCUT2D eigenvalue weighted by Gasteiger charge is -2.19. The van der Waals surface area contributed by atoms with Crippen LogP contribution in [0.15, 0.2) is 24.3 Å². The molecule has 138 valence electrons. The number of rotatable bonds is 8. The van der Waals surface area contributed by atoms with Crippen LogP contribution in [0.2, 0.25) is 0 Å². The number of unbranched alkanes of at least 4 members (excludes halogenated alkanes) is 2. The normalized spacial score (nSPS) is 10.7. The highest BCUT2D eigenvalue weighted by molar-refractivity contribution is 5.67. The Labute approximate surface area is 152 Å². The summed E-state index contributed by atoms with van der Waals surface area (Å²) in [5.74, 6) is 6.43. The van der Waals surface area contributed by atoms with Crippen LogP contribution in [0.4, 0.5) is 4.79 Å². The van der Waals surface area contributed by atoms with Gasteiger partial charge in [0.05, 0.1) is 0 Å². The Bertz CT molecular complexity index is 579. The molecule has 0 atom stereocenters. The van der Waals surface area contributed by atoms with Crippen molar-refractivity contribution in [2.24, 2.45) is 0 Å². The third-order valence-electron chi connectivity index (χ3n) is 3.37. The number of amides is 1. The molecular weight excluding hydrogens is 314 g/mol. The number of nitrogens with one attached hydrogen (secondary N) is 1. The summed E-state index contributed by atoms with van der Waals surface area (Å²) < 4.78 is 10.2. The average Bonchev–Trinajstić information content (AvgIpc) is 2.54. The van der Waals surface area contributed by atoms with Gasteiger partial charge in [-0.05, 0) is 64.2 Å². The van der Waals surface area contributed by atoms with E-state index in [0.29, 0.717) is 6.54 Å². The molecular formula is C21H31NO3. The Hall–Kier alpha value is -1.99. The molecule has 1 aromatic rings. The van der Waals surface area contributed by atoms with Gasteiger partial charge in [0.15, 0.2) is 0 Å². The SMILES string of the molecule is COCCCCC#Cc1cccc(CCCNC(=O)OC(C)(C)C)c1. The predicted octanol–water partition coefficient (Wildman–Crippen LogP) is 4.31. The molecule has 25 heavy (non-hydrogen) atoms. The monoisotopic (exact) mass is 345 g/mol. The van der Waals surface area contributed by atoms with Gasteiger partial charge in [-0.3, -0.25) is 0 Å². The van der Waals surface area contributed by atoms with Gasteiger partial charge < -0.3 is 14.8 Å². The van der Waals surface area contributed by atoms with E-state index >= 15 is 0 Å². The largest absolute Gasteiger partial charge is 0.444 e. The molecule has 0 fully saturated rings. The maximum atomic E-state index is 11.6. The lowest BCUT2D eigenvalue weighted by molar-refractivity contribution is 0.0527. The molecule has 0 aromatic heterocycles. The van der Waals surface area contributed by atoms with Crippen LogP contribution in [-0.2, 0) is 15.9 Å². The van der Waals surface area contributed by atoms with Crippen molar-refractivity contribution >= 4 is 6.09 Å². The van der Waals surface area contributed by atoms with Gasteiger partial charge in [-0.1, -0.05) is 24.0 Å². The third kappa shape index (κ3) is 11.2. The van der Waals surface area contributed by atoms with E-state index in [9.17, 15) is 4.79 Å². The maximum Gasteiger partial charge on any atom is 0.407 e. The second-order valence-electron chi connectivity index (χ2n) is 6.98. The summed E-state index contributed by atoms with van der Waals surface area (Å²) in [6.07, 6.45) is 4.42. The first-order valence-electron chi connectivity index (χ1n) is 8.94. The molecule has 0 saturated carbocycles. The summed E-state index contributed by atoms with van der Waals surface area (Å²) >= 11 is 0. The second kappa shape index (κ2) is 11.5. The van der Waals surface area contributed by atoms with E-state index in [0.717, 1.165) is 44.3 Å². The molecule has 1 aromatic carbocycles. The first-order chi connectivity index (χ1) is 11.9. The predicted molar refractivity (Wildman–Crippen MR) is 102 cm³/mol. The maximum absolute atomic E-state index is 11.6. The Morgan fingerprint density at radius 3 is 2.72 bits per heavy atom. The fraction of sp³-hybridized carbons (Fsp3) is 0.571. The van der Waals surface area contributed by atoms with Crippen LogP contribution >= 0.6 is 0 Å². The lowest BCUT2D eigenvalue weighted by Crippen LogP contribution is -2.33. The number of hydrogen-bond donors (Lipinski definition) is 1. The Morgan fingerprint density at radius 1 is 1.20 bits per heavy atom. The van der Waals surface area contributed by atoms with Gasteiger partial charge in [-0.15, -0.1) is 0 Å². The van der Waals surface area contributed by atoms with Crippen molar-refractivity contribution in [1.82, 2.24) is 5.32 Å². The molecule has 0 aliphatic rings. The van der Waals surface area contributed by atoms with Crippen molar-refractivity contribution in [1.29, 1.82) is 0 Å². The smallest absolute Gasteiger partial charge is 0.407 e. The van der Waals surface area contributed by atoms with E-state index in [1.54, 1.807) is 7.11 Å². The number of hydrogen-bond acceptors (Lipinski definition) is 3. The van der Waals surface area contributed by atoms with Crippen LogP contribution in [0.25, 0.3) is 0 Å². The number of carbonyl (C=O) groups excluding carboxylic acids is 1. The van der Waals surface area contributed by atoms with Gasteiger partial charge >= 0.3 is 6.09 Å². The second-order valence-corrected chi connectivity index (χ2v) is 6.98. The number of ether oxygens (including phenoxy) is 2. The van der Waals surface area contributed by atoms with Crippen molar-refractivity contribution < 1.29 is 14.3 Å². The zero-order valence-electron chi connectivity index (χ0n) is 16.0. The number of carbonyl (C=O) groups is 1. The Morgan fingerprint density at radius 2 is 2.00 bits per heavy atom. The molecule has 4 heteroatoms. The third-order valence-corrected chi connectivity index (χ3v) is 3.37. The zero-order valence-corrected chi connectivity index (χ0v) is 16.0. The number of aryl methyl sites for hydroxylation is 1. The van der Waals surface area contributed by atoms with Crippen molar-refractivity contribution in [2.75, 3.05) is 20.3 Å². The molecule has 0 unspecified atom stereocenters. The summed E-state index contributed by atoms with van der Waals surface area (Å²) in [7, 11) is 1.72. The lowest BCUT2D eigenvalue weighted by atomic mass is 10.1. The summed E-state index contributed by atoms with van der Waals surface area (Å²) in [4.78, 5) is 11.6. The fourth-order valence-corrected chi connectivity index (χ4v) is 2.23. The Balaban J connectivity index is 2.31. The van der Waals surface area contributed by atoms with Crippen molar-refractivity contribution in [3.05, 3.63) is 35.4 Å². The fourth-order valence-electron chi connectivity index (χ4n) is 2.23. The van der Waals surface area contributed by atoms with Gasteiger partial charge in [-0.2, -0.15) is 0 Å². The first-order valence-corrected chi connectivity index (χ1v) is 8.94. The molecule has 1 rings (SSSR count). The minimum absolute atomic E-state index is 0.361. The van der Waals surface area contributed by atoms with Gasteiger partial charge in [0, 0.05) is 32.2 Å². The number of benzene rings is 1. The van der Waals surface area contributed by atoms with E-state index in [4.69, 9.17) is 9.47 Å². The van der Waals surface area contributed by atoms with E-state index in [1.165, 1.54) is 5.56 Å². The molecule has 0 radical (unpaired) electrons. The van der Waals surface area contributed by atoms with Crippen LogP contribution in [0.5, 0.6) is 0 Å².